The van der Waals surface area contributed by atoms with Gasteiger partial charge in [-0.1, -0.05) is 0 Å². The van der Waals surface area contributed by atoms with Crippen LogP contribution in [0.15, 0.2) is 0 Å². The van der Waals surface area contributed by atoms with Crippen LogP contribution in [-0.4, -0.2) is 30.9 Å². The minimum Gasteiger partial charge on any atom is -0.365 e. The Bertz CT molecular complexity index is 603. The molecule has 1 aromatic rings. The third-order valence-electron chi connectivity index (χ3n) is 5.16. The summed E-state index contributed by atoms with van der Waals surface area (Å²) in [5, 5.41) is 3.66. The topological polar surface area (TPSA) is 76.6 Å². The van der Waals surface area contributed by atoms with Crippen molar-refractivity contribution in [3.05, 3.63) is 16.0 Å². The Kier molecular flexibility index (Phi) is 5.02. The van der Waals surface area contributed by atoms with Crippen LogP contribution in [0.5, 0.6) is 0 Å². The Morgan fingerprint density at radius 1 is 1.13 bits per heavy atom. The molecule has 1 atom stereocenters. The first-order chi connectivity index (χ1) is 11.1. The summed E-state index contributed by atoms with van der Waals surface area (Å²) < 4.78 is 0. The number of carbonyl (C=O) groups is 2. The largest absolute Gasteiger partial charge is 0.365 e. The maximum atomic E-state index is 12.6. The highest BCUT2D eigenvalue weighted by Crippen LogP contribution is 2.38. The Morgan fingerprint density at radius 2 is 1.83 bits per heavy atom. The van der Waals surface area contributed by atoms with Gasteiger partial charge in [0.25, 0.3) is 11.8 Å². The van der Waals surface area contributed by atoms with Gasteiger partial charge in [-0.3, -0.25) is 9.59 Å². The van der Waals surface area contributed by atoms with E-state index in [1.54, 1.807) is 0 Å². The molecule has 3 rings (SSSR count). The molecule has 2 heterocycles. The van der Waals surface area contributed by atoms with Gasteiger partial charge < -0.3 is 16.0 Å². The van der Waals surface area contributed by atoms with E-state index in [1.807, 2.05) is 6.92 Å². The zero-order valence-electron chi connectivity index (χ0n) is 13.7. The molecule has 1 aliphatic carbocycles. The van der Waals surface area contributed by atoms with Gasteiger partial charge in [-0.05, 0) is 57.4 Å². The molecule has 5 nitrogen and oxygen atoms in total. The first-order valence-corrected chi connectivity index (χ1v) is 9.49. The summed E-state index contributed by atoms with van der Waals surface area (Å²) >= 11 is 1.53. The highest BCUT2D eigenvalue weighted by atomic mass is 32.1. The zero-order chi connectivity index (χ0) is 16.4. The maximum Gasteiger partial charge on any atom is 0.282 e. The van der Waals surface area contributed by atoms with Crippen LogP contribution in [-0.2, 0) is 17.6 Å². The van der Waals surface area contributed by atoms with E-state index in [0.29, 0.717) is 10.6 Å². The predicted octanol–water partition coefficient (Wildman–Crippen LogP) is 1.12. The van der Waals surface area contributed by atoms with Gasteiger partial charge in [0.05, 0.1) is 18.7 Å². The summed E-state index contributed by atoms with van der Waals surface area (Å²) in [5.74, 6) is -0.418. The van der Waals surface area contributed by atoms with Crippen molar-refractivity contribution in [1.29, 1.82) is 0 Å². The number of nitrogens with two attached hydrogens (primary N) is 1. The number of aryl methyl sites for hydroxylation is 1. The van der Waals surface area contributed by atoms with Crippen molar-refractivity contribution in [2.75, 3.05) is 18.4 Å². The van der Waals surface area contributed by atoms with Crippen molar-refractivity contribution in [2.24, 2.45) is 5.73 Å². The number of hydrogen-bond acceptors (Lipinski definition) is 3. The fourth-order valence-corrected chi connectivity index (χ4v) is 5.07. The number of fused-ring (bicyclic) bond motifs is 1. The highest BCUT2D eigenvalue weighted by Gasteiger charge is 2.30. The van der Waals surface area contributed by atoms with Crippen LogP contribution in [0.1, 0.15) is 59.8 Å². The predicted molar refractivity (Wildman–Crippen MR) is 92.1 cm³/mol. The van der Waals surface area contributed by atoms with E-state index < -0.39 is 5.91 Å². The Morgan fingerprint density at radius 3 is 2.48 bits per heavy atom. The van der Waals surface area contributed by atoms with Crippen LogP contribution in [0, 0.1) is 0 Å². The molecule has 1 aliphatic heterocycles. The third-order valence-corrected chi connectivity index (χ3v) is 6.36. The van der Waals surface area contributed by atoms with Crippen molar-refractivity contribution in [3.8, 4) is 0 Å². The molecule has 1 aromatic heterocycles. The fraction of sp³-hybridized carbons (Fsp3) is 0.647. The van der Waals surface area contributed by atoms with E-state index in [1.165, 1.54) is 46.8 Å². The molecule has 0 unspecified atom stereocenters. The van der Waals surface area contributed by atoms with Gasteiger partial charge in [0, 0.05) is 4.88 Å². The smallest absolute Gasteiger partial charge is 0.282 e. The second-order valence-corrected chi connectivity index (χ2v) is 7.81. The van der Waals surface area contributed by atoms with Crippen LogP contribution in [0.3, 0.4) is 0 Å². The van der Waals surface area contributed by atoms with Crippen molar-refractivity contribution >= 4 is 28.2 Å². The van der Waals surface area contributed by atoms with Gasteiger partial charge in [0.15, 0.2) is 6.04 Å². The molecule has 0 bridgehead atoms. The molecule has 0 spiro atoms. The number of anilines is 1. The van der Waals surface area contributed by atoms with E-state index in [-0.39, 0.29) is 11.9 Å². The highest BCUT2D eigenvalue weighted by molar-refractivity contribution is 7.17. The summed E-state index contributed by atoms with van der Waals surface area (Å²) in [6, 6.07) is -0.0919. The second-order valence-electron chi connectivity index (χ2n) is 6.71. The number of likely N-dealkylation sites (tertiary alicyclic amines) is 1. The maximum absolute atomic E-state index is 12.6. The molecule has 0 aromatic carbocycles. The first-order valence-electron chi connectivity index (χ1n) is 8.67. The van der Waals surface area contributed by atoms with Crippen LogP contribution in [0.4, 0.5) is 5.00 Å². The van der Waals surface area contributed by atoms with Crippen molar-refractivity contribution < 1.29 is 14.5 Å². The minimum atomic E-state index is -0.422. The number of amides is 2. The van der Waals surface area contributed by atoms with Crippen LogP contribution >= 0.6 is 11.3 Å². The third kappa shape index (κ3) is 3.43. The SMILES string of the molecule is C[C@@H](C(=O)Nc1sc2c(c1C(N)=O)CCC2)[NH+]1CCCCCC1. The minimum absolute atomic E-state index is 0.00400. The quantitative estimate of drug-likeness (QED) is 0.771. The lowest BCUT2D eigenvalue weighted by Crippen LogP contribution is -3.16. The molecule has 2 amide bonds. The second kappa shape index (κ2) is 7.01. The van der Waals surface area contributed by atoms with E-state index in [4.69, 9.17) is 5.73 Å². The standard InChI is InChI=1S/C17H25N3O2S/c1-11(20-9-4-2-3-5-10-20)16(22)19-17-14(15(18)21)12-7-6-8-13(12)23-17/h11H,2-10H2,1H3,(H2,18,21)(H,19,22)/p+1/t11-/m0/s1. The molecule has 4 N–H and O–H groups in total. The average Bonchev–Trinajstić information content (AvgIpc) is 2.96. The molecule has 23 heavy (non-hydrogen) atoms. The fourth-order valence-electron chi connectivity index (χ4n) is 3.77. The van der Waals surface area contributed by atoms with Gasteiger partial charge in [-0.15, -0.1) is 11.3 Å². The average molecular weight is 336 g/mol. The number of primary amides is 1. The number of rotatable bonds is 4. The molecule has 6 heteroatoms. The monoisotopic (exact) mass is 336 g/mol. The molecule has 1 saturated heterocycles. The molecule has 1 fully saturated rings. The summed E-state index contributed by atoms with van der Waals surface area (Å²) in [4.78, 5) is 27.0. The first kappa shape index (κ1) is 16.5. The number of hydrogen-bond donors (Lipinski definition) is 3. The lowest BCUT2D eigenvalue weighted by molar-refractivity contribution is -0.913. The van der Waals surface area contributed by atoms with Crippen LogP contribution in [0.2, 0.25) is 0 Å². The van der Waals surface area contributed by atoms with Crippen molar-refractivity contribution in [1.82, 2.24) is 0 Å². The number of carbonyl (C=O) groups excluding carboxylic acids is 2. The normalized spacial score (nSPS) is 19.9. The number of nitrogens with one attached hydrogen (secondary N) is 2. The molecular formula is C17H26N3O2S+. The van der Waals surface area contributed by atoms with Gasteiger partial charge >= 0.3 is 0 Å². The lowest BCUT2D eigenvalue weighted by atomic mass is 10.1. The molecular weight excluding hydrogens is 310 g/mol. The lowest BCUT2D eigenvalue weighted by Gasteiger charge is -2.23. The summed E-state index contributed by atoms with van der Waals surface area (Å²) in [7, 11) is 0. The van der Waals surface area contributed by atoms with Crippen LogP contribution in [0.25, 0.3) is 0 Å². The van der Waals surface area contributed by atoms with Crippen LogP contribution < -0.4 is 16.0 Å². The van der Waals surface area contributed by atoms with E-state index >= 15 is 0 Å². The van der Waals surface area contributed by atoms with Crippen molar-refractivity contribution in [2.45, 2.75) is 57.9 Å². The molecule has 0 radical (unpaired) electrons. The van der Waals surface area contributed by atoms with E-state index in [0.717, 1.165) is 37.9 Å². The summed E-state index contributed by atoms with van der Waals surface area (Å²) in [6.07, 6.45) is 7.86. The van der Waals surface area contributed by atoms with E-state index in [9.17, 15) is 9.59 Å². The summed E-state index contributed by atoms with van der Waals surface area (Å²) in [5.41, 5.74) is 7.17. The van der Waals surface area contributed by atoms with E-state index in [2.05, 4.69) is 5.32 Å². The van der Waals surface area contributed by atoms with Gasteiger partial charge in [0.2, 0.25) is 0 Å². The Balaban J connectivity index is 1.73. The molecule has 0 saturated carbocycles. The molecule has 126 valence electrons. The number of quaternary nitrogens is 1. The van der Waals surface area contributed by atoms with Gasteiger partial charge in [-0.25, -0.2) is 0 Å². The van der Waals surface area contributed by atoms with Crippen molar-refractivity contribution in [3.63, 3.8) is 0 Å². The van der Waals surface area contributed by atoms with Gasteiger partial charge in [-0.2, -0.15) is 0 Å². The zero-order valence-corrected chi connectivity index (χ0v) is 14.6. The number of thiophene rings is 1. The Labute approximate surface area is 141 Å². The Hall–Kier alpha value is -1.40. The van der Waals surface area contributed by atoms with Gasteiger partial charge in [0.1, 0.15) is 5.00 Å². The summed E-state index contributed by atoms with van der Waals surface area (Å²) in [6.45, 7) is 4.09. The molecule has 2 aliphatic rings.